The van der Waals surface area contributed by atoms with Crippen molar-refractivity contribution in [3.8, 4) is 11.5 Å². The van der Waals surface area contributed by atoms with Gasteiger partial charge in [-0.25, -0.2) is 9.97 Å². The molecule has 0 radical (unpaired) electrons. The molecule has 1 aliphatic rings. The summed E-state index contributed by atoms with van der Waals surface area (Å²) in [5.41, 5.74) is 2.94. The number of aryl methyl sites for hydroxylation is 1. The fourth-order valence-electron chi connectivity index (χ4n) is 3.79. The fraction of sp³-hybridized carbons (Fsp3) is 0.304. The zero-order chi connectivity index (χ0) is 21.8. The molecule has 0 aliphatic carbocycles. The van der Waals surface area contributed by atoms with Crippen LogP contribution >= 0.6 is 0 Å². The molecule has 162 valence electrons. The van der Waals surface area contributed by atoms with Crippen LogP contribution in [0.5, 0.6) is 11.5 Å². The summed E-state index contributed by atoms with van der Waals surface area (Å²) in [6.45, 7) is 2.50. The van der Waals surface area contributed by atoms with Crippen molar-refractivity contribution in [3.63, 3.8) is 0 Å². The van der Waals surface area contributed by atoms with Crippen LogP contribution in [0.1, 0.15) is 42.8 Å². The minimum atomic E-state index is -4.38. The van der Waals surface area contributed by atoms with E-state index in [0.29, 0.717) is 12.3 Å². The molecule has 0 fully saturated rings. The van der Waals surface area contributed by atoms with Crippen molar-refractivity contribution in [2.24, 2.45) is 0 Å². The molecule has 1 N–H and O–H groups in total. The van der Waals surface area contributed by atoms with Crippen LogP contribution in [0.2, 0.25) is 0 Å². The van der Waals surface area contributed by atoms with Crippen LogP contribution < -0.4 is 9.64 Å². The van der Waals surface area contributed by atoms with Gasteiger partial charge in [0, 0.05) is 18.9 Å². The van der Waals surface area contributed by atoms with E-state index in [4.69, 9.17) is 4.74 Å². The Balaban J connectivity index is 1.68. The highest BCUT2D eigenvalue weighted by Gasteiger charge is 2.31. The molecule has 1 atom stereocenters. The summed E-state index contributed by atoms with van der Waals surface area (Å²) in [5.74, 6) is 1.51. The normalized spacial score (nSPS) is 13.8. The van der Waals surface area contributed by atoms with Crippen molar-refractivity contribution in [2.75, 3.05) is 11.4 Å². The summed E-state index contributed by atoms with van der Waals surface area (Å²) >= 11 is 0. The zero-order valence-electron chi connectivity index (χ0n) is 17.3. The number of rotatable bonds is 8. The summed E-state index contributed by atoms with van der Waals surface area (Å²) in [6.07, 6.45) is 6.22. The molecular weight excluding hydrogens is 414 g/mol. The Bertz CT molecular complexity index is 1150. The number of benzene rings is 2. The van der Waals surface area contributed by atoms with E-state index >= 15 is 0 Å². The molecule has 7 nitrogen and oxygen atoms in total. The molecule has 3 aromatic rings. The SMILES string of the molecule is CCCCc1ccc2c(c1)N(CCC(c1ncccn1)S(=O)(=O)O)c1ccccc1O2. The van der Waals surface area contributed by atoms with Gasteiger partial charge < -0.3 is 9.64 Å². The molecule has 0 bridgehead atoms. The van der Waals surface area contributed by atoms with E-state index in [0.717, 1.165) is 36.4 Å². The van der Waals surface area contributed by atoms with E-state index in [1.807, 2.05) is 35.2 Å². The summed E-state index contributed by atoms with van der Waals surface area (Å²) in [6, 6.07) is 15.4. The number of fused-ring (bicyclic) bond motifs is 2. The molecule has 0 spiro atoms. The maximum Gasteiger partial charge on any atom is 0.275 e. The average Bonchev–Trinajstić information content (AvgIpc) is 2.77. The number of aromatic nitrogens is 2. The van der Waals surface area contributed by atoms with Crippen LogP contribution in [-0.4, -0.2) is 29.5 Å². The van der Waals surface area contributed by atoms with E-state index in [9.17, 15) is 13.0 Å². The van der Waals surface area contributed by atoms with Crippen molar-refractivity contribution >= 4 is 21.5 Å². The minimum absolute atomic E-state index is 0.0865. The van der Waals surface area contributed by atoms with Gasteiger partial charge in [0.1, 0.15) is 11.1 Å². The number of hydrogen-bond acceptors (Lipinski definition) is 6. The number of ether oxygens (including phenoxy) is 1. The third-order valence-corrected chi connectivity index (χ3v) is 6.52. The van der Waals surface area contributed by atoms with Gasteiger partial charge in [0.05, 0.1) is 11.4 Å². The van der Waals surface area contributed by atoms with Crippen molar-refractivity contribution in [3.05, 3.63) is 72.3 Å². The summed E-state index contributed by atoms with van der Waals surface area (Å²) < 4.78 is 40.1. The van der Waals surface area contributed by atoms with Gasteiger partial charge in [0.2, 0.25) is 0 Å². The van der Waals surface area contributed by atoms with Crippen molar-refractivity contribution in [1.29, 1.82) is 0 Å². The van der Waals surface area contributed by atoms with Crippen molar-refractivity contribution in [1.82, 2.24) is 9.97 Å². The van der Waals surface area contributed by atoms with Gasteiger partial charge in [-0.1, -0.05) is 31.5 Å². The van der Waals surface area contributed by atoms with Gasteiger partial charge in [-0.2, -0.15) is 8.42 Å². The maximum atomic E-state index is 12.1. The zero-order valence-corrected chi connectivity index (χ0v) is 18.1. The first kappa shape index (κ1) is 21.3. The highest BCUT2D eigenvalue weighted by atomic mass is 32.2. The molecule has 2 heterocycles. The number of para-hydroxylation sites is 2. The Kier molecular flexibility index (Phi) is 6.20. The molecule has 8 heteroatoms. The number of nitrogens with zero attached hydrogens (tertiary/aromatic N) is 3. The van der Waals surface area contributed by atoms with Crippen LogP contribution in [0.3, 0.4) is 0 Å². The largest absolute Gasteiger partial charge is 0.453 e. The lowest BCUT2D eigenvalue weighted by Crippen LogP contribution is -2.26. The Labute approximate surface area is 182 Å². The van der Waals surface area contributed by atoms with Gasteiger partial charge in [-0.05, 0) is 55.2 Å². The Morgan fingerprint density at radius 1 is 1.03 bits per heavy atom. The van der Waals surface area contributed by atoms with Crippen molar-refractivity contribution in [2.45, 2.75) is 37.9 Å². The van der Waals surface area contributed by atoms with E-state index in [1.165, 1.54) is 18.0 Å². The standard InChI is InChI=1S/C23H25N3O4S/c1-2-3-7-17-10-11-21-19(16-17)26(18-8-4-5-9-20(18)30-21)15-12-22(31(27,28)29)23-24-13-6-14-25-23/h4-6,8-11,13-14,16,22H,2-3,7,12,15H2,1H3,(H,27,28,29). The van der Waals surface area contributed by atoms with Gasteiger partial charge in [0.25, 0.3) is 10.1 Å². The van der Waals surface area contributed by atoms with E-state index in [-0.39, 0.29) is 12.2 Å². The maximum absolute atomic E-state index is 12.1. The smallest absolute Gasteiger partial charge is 0.275 e. The van der Waals surface area contributed by atoms with E-state index in [1.54, 1.807) is 6.07 Å². The lowest BCUT2D eigenvalue weighted by atomic mass is 10.0. The first-order chi connectivity index (χ1) is 15.0. The van der Waals surface area contributed by atoms with Crippen molar-refractivity contribution < 1.29 is 17.7 Å². The first-order valence-corrected chi connectivity index (χ1v) is 11.9. The number of anilines is 2. The second-order valence-electron chi connectivity index (χ2n) is 7.53. The van der Waals surface area contributed by atoms with Crippen LogP contribution in [0.25, 0.3) is 0 Å². The molecule has 1 aliphatic heterocycles. The molecular formula is C23H25N3O4S. The second kappa shape index (κ2) is 9.03. The van der Waals surface area contributed by atoms with Gasteiger partial charge >= 0.3 is 0 Å². The second-order valence-corrected chi connectivity index (χ2v) is 9.13. The molecule has 0 amide bonds. The molecule has 31 heavy (non-hydrogen) atoms. The molecule has 1 unspecified atom stereocenters. The quantitative estimate of drug-likeness (QED) is 0.489. The lowest BCUT2D eigenvalue weighted by molar-refractivity contribution is 0.458. The minimum Gasteiger partial charge on any atom is -0.453 e. The summed E-state index contributed by atoms with van der Waals surface area (Å²) in [5, 5.41) is -1.21. The number of hydrogen-bond donors (Lipinski definition) is 1. The Morgan fingerprint density at radius 2 is 1.77 bits per heavy atom. The summed E-state index contributed by atoms with van der Waals surface area (Å²) in [7, 11) is -4.38. The average molecular weight is 440 g/mol. The fourth-order valence-corrected chi connectivity index (χ4v) is 4.58. The lowest BCUT2D eigenvalue weighted by Gasteiger charge is -2.33. The van der Waals surface area contributed by atoms with E-state index < -0.39 is 15.4 Å². The van der Waals surface area contributed by atoms with Gasteiger partial charge in [0.15, 0.2) is 11.5 Å². The van der Waals surface area contributed by atoms with Crippen LogP contribution in [0.4, 0.5) is 11.4 Å². The van der Waals surface area contributed by atoms with Crippen LogP contribution in [0, 0.1) is 0 Å². The Morgan fingerprint density at radius 3 is 2.52 bits per heavy atom. The highest BCUT2D eigenvalue weighted by molar-refractivity contribution is 7.86. The first-order valence-electron chi connectivity index (χ1n) is 10.4. The highest BCUT2D eigenvalue weighted by Crippen LogP contribution is 2.47. The monoisotopic (exact) mass is 439 g/mol. The molecule has 0 saturated heterocycles. The number of unbranched alkanes of at least 4 members (excludes halogenated alkanes) is 1. The van der Waals surface area contributed by atoms with Crippen LogP contribution in [0.15, 0.2) is 60.9 Å². The third kappa shape index (κ3) is 4.70. The summed E-state index contributed by atoms with van der Waals surface area (Å²) in [4.78, 5) is 10.2. The van der Waals surface area contributed by atoms with Gasteiger partial charge in [-0.15, -0.1) is 0 Å². The molecule has 4 rings (SSSR count). The molecule has 2 aromatic carbocycles. The van der Waals surface area contributed by atoms with Crippen LogP contribution in [-0.2, 0) is 16.5 Å². The Hall–Kier alpha value is -2.97. The topological polar surface area (TPSA) is 92.6 Å². The molecule has 1 aromatic heterocycles. The predicted octanol–water partition coefficient (Wildman–Crippen LogP) is 5.08. The van der Waals surface area contributed by atoms with Gasteiger partial charge in [-0.3, -0.25) is 4.55 Å². The molecule has 0 saturated carbocycles. The predicted molar refractivity (Wildman–Crippen MR) is 120 cm³/mol. The third-order valence-electron chi connectivity index (χ3n) is 5.36. The van der Waals surface area contributed by atoms with E-state index in [2.05, 4.69) is 29.0 Å².